The predicted octanol–water partition coefficient (Wildman–Crippen LogP) is 4.98. The number of rotatable bonds is 7. The third-order valence-electron chi connectivity index (χ3n) is 6.88. The van der Waals surface area contributed by atoms with Crippen molar-refractivity contribution < 1.29 is 24.2 Å². The van der Waals surface area contributed by atoms with Gasteiger partial charge in [0, 0.05) is 42.7 Å². The second-order valence-corrected chi connectivity index (χ2v) is 10.4. The lowest BCUT2D eigenvalue weighted by molar-refractivity contribution is -0.384. The fraction of sp³-hybridized carbons (Fsp3) is 0.259. The molecule has 12 nitrogen and oxygen atoms in total. The minimum absolute atomic E-state index is 0.000753. The number of aromatic nitrogens is 1. The molecule has 0 atom stereocenters. The first-order chi connectivity index (χ1) is 19.1. The van der Waals surface area contributed by atoms with E-state index in [-0.39, 0.29) is 27.7 Å². The largest absolute Gasteiger partial charge is 0.378 e. The number of nitro benzene ring substituents is 2. The van der Waals surface area contributed by atoms with Crippen LogP contribution in [-0.2, 0) is 16.1 Å². The fourth-order valence-electron chi connectivity index (χ4n) is 4.88. The van der Waals surface area contributed by atoms with Crippen LogP contribution in [0.5, 0.6) is 0 Å². The molecule has 40 heavy (non-hydrogen) atoms. The van der Waals surface area contributed by atoms with E-state index >= 15 is 0 Å². The molecule has 0 saturated carbocycles. The van der Waals surface area contributed by atoms with Crippen LogP contribution in [0, 0.1) is 34.1 Å². The van der Waals surface area contributed by atoms with Gasteiger partial charge in [-0.1, -0.05) is 12.1 Å². The summed E-state index contributed by atoms with van der Waals surface area (Å²) < 4.78 is 7.25. The van der Waals surface area contributed by atoms with E-state index in [9.17, 15) is 29.8 Å². The van der Waals surface area contributed by atoms with Crippen molar-refractivity contribution in [3.63, 3.8) is 0 Å². The van der Waals surface area contributed by atoms with Gasteiger partial charge in [0.25, 0.3) is 22.5 Å². The number of amides is 2. The van der Waals surface area contributed by atoms with E-state index in [1.54, 1.807) is 18.2 Å². The highest BCUT2D eigenvalue weighted by Gasteiger charge is 2.35. The van der Waals surface area contributed by atoms with Crippen LogP contribution in [0.3, 0.4) is 0 Å². The SMILES string of the molecule is Cc1cc(/C=C2\SC(=O)N(Cc3ccc([N+](=O)[O-])cc3)C2=O)c(C)n1-c1ccc(N2CCOCC2)c([N+](=O)[O-])c1. The fourth-order valence-corrected chi connectivity index (χ4v) is 5.71. The lowest BCUT2D eigenvalue weighted by Crippen LogP contribution is -2.36. The van der Waals surface area contributed by atoms with Gasteiger partial charge in [0.05, 0.1) is 40.2 Å². The van der Waals surface area contributed by atoms with Crippen molar-refractivity contribution in [2.24, 2.45) is 0 Å². The number of benzene rings is 2. The molecule has 2 aliphatic heterocycles. The molecule has 3 aromatic rings. The normalized spacial score (nSPS) is 16.7. The average molecular weight is 564 g/mol. The molecule has 0 N–H and O–H groups in total. The summed E-state index contributed by atoms with van der Waals surface area (Å²) in [5.74, 6) is -0.455. The second-order valence-electron chi connectivity index (χ2n) is 9.38. The number of anilines is 1. The molecule has 206 valence electrons. The van der Waals surface area contributed by atoms with Gasteiger partial charge in [-0.05, 0) is 61.0 Å². The second kappa shape index (κ2) is 10.9. The summed E-state index contributed by atoms with van der Waals surface area (Å²) in [6.07, 6.45) is 1.65. The first kappa shape index (κ1) is 27.1. The zero-order chi connectivity index (χ0) is 28.6. The molecule has 0 bridgehead atoms. The number of ether oxygens (including phenoxy) is 1. The molecule has 0 aliphatic carbocycles. The Hall–Kier alpha value is -4.49. The summed E-state index contributed by atoms with van der Waals surface area (Å²) in [6, 6.07) is 12.7. The van der Waals surface area contributed by atoms with Gasteiger partial charge in [-0.3, -0.25) is 34.7 Å². The third kappa shape index (κ3) is 5.20. The molecule has 2 aromatic carbocycles. The monoisotopic (exact) mass is 563 g/mol. The maximum atomic E-state index is 13.1. The molecule has 0 unspecified atom stereocenters. The zero-order valence-corrected chi connectivity index (χ0v) is 22.6. The van der Waals surface area contributed by atoms with Crippen LogP contribution in [-0.4, -0.2) is 56.8 Å². The van der Waals surface area contributed by atoms with Gasteiger partial charge < -0.3 is 14.2 Å². The van der Waals surface area contributed by atoms with E-state index in [1.165, 1.54) is 24.3 Å². The van der Waals surface area contributed by atoms with E-state index < -0.39 is 16.1 Å². The summed E-state index contributed by atoms with van der Waals surface area (Å²) in [4.78, 5) is 51.0. The van der Waals surface area contributed by atoms with E-state index in [4.69, 9.17) is 4.74 Å². The molecular formula is C27H25N5O7S. The summed E-state index contributed by atoms with van der Waals surface area (Å²) in [5.41, 5.74) is 3.95. The van der Waals surface area contributed by atoms with E-state index in [0.717, 1.165) is 28.0 Å². The highest BCUT2D eigenvalue weighted by molar-refractivity contribution is 8.18. The third-order valence-corrected chi connectivity index (χ3v) is 7.79. The first-order valence-corrected chi connectivity index (χ1v) is 13.2. The summed E-state index contributed by atoms with van der Waals surface area (Å²) >= 11 is 0.824. The molecule has 5 rings (SSSR count). The van der Waals surface area contributed by atoms with Gasteiger partial charge in [-0.15, -0.1) is 0 Å². The van der Waals surface area contributed by atoms with E-state index in [0.29, 0.717) is 48.8 Å². The van der Waals surface area contributed by atoms with Crippen molar-refractivity contribution in [1.82, 2.24) is 9.47 Å². The minimum atomic E-state index is -0.514. The number of nitro groups is 2. The van der Waals surface area contributed by atoms with Crippen molar-refractivity contribution in [3.8, 4) is 5.69 Å². The van der Waals surface area contributed by atoms with Crippen LogP contribution >= 0.6 is 11.8 Å². The Balaban J connectivity index is 1.41. The molecule has 2 saturated heterocycles. The quantitative estimate of drug-likeness (QED) is 0.221. The lowest BCUT2D eigenvalue weighted by Gasteiger charge is -2.28. The Bertz CT molecular complexity index is 1560. The Morgan fingerprint density at radius 3 is 2.33 bits per heavy atom. The number of morpholine rings is 1. The molecule has 2 aliphatic rings. The van der Waals surface area contributed by atoms with Crippen molar-refractivity contribution >= 4 is 46.0 Å². The van der Waals surface area contributed by atoms with Gasteiger partial charge in [0.15, 0.2) is 0 Å². The molecule has 2 fully saturated rings. The van der Waals surface area contributed by atoms with Crippen LogP contribution in [0.25, 0.3) is 11.8 Å². The minimum Gasteiger partial charge on any atom is -0.378 e. The maximum absolute atomic E-state index is 13.1. The van der Waals surface area contributed by atoms with Crippen molar-refractivity contribution in [1.29, 1.82) is 0 Å². The van der Waals surface area contributed by atoms with Crippen molar-refractivity contribution in [3.05, 3.63) is 96.2 Å². The molecule has 0 radical (unpaired) electrons. The van der Waals surface area contributed by atoms with Crippen molar-refractivity contribution in [2.75, 3.05) is 31.2 Å². The maximum Gasteiger partial charge on any atom is 0.294 e. The number of hydrogen-bond donors (Lipinski definition) is 0. The topological polar surface area (TPSA) is 141 Å². The number of thioether (sulfide) groups is 1. The Labute approximate surface area is 233 Å². The molecule has 13 heteroatoms. The van der Waals surface area contributed by atoms with Crippen LogP contribution in [0.2, 0.25) is 0 Å². The van der Waals surface area contributed by atoms with Crippen LogP contribution in [0.4, 0.5) is 21.9 Å². The molecule has 1 aromatic heterocycles. The summed E-state index contributed by atoms with van der Waals surface area (Å²) in [7, 11) is 0. The summed E-state index contributed by atoms with van der Waals surface area (Å²) in [6.45, 7) is 5.89. The molecule has 0 spiro atoms. The number of carbonyl (C=O) groups excluding carboxylic acids is 2. The highest BCUT2D eigenvalue weighted by Crippen LogP contribution is 2.36. The first-order valence-electron chi connectivity index (χ1n) is 12.4. The van der Waals surface area contributed by atoms with Gasteiger partial charge in [0.1, 0.15) is 5.69 Å². The zero-order valence-electron chi connectivity index (χ0n) is 21.7. The highest BCUT2D eigenvalue weighted by atomic mass is 32.2. The smallest absolute Gasteiger partial charge is 0.294 e. The van der Waals surface area contributed by atoms with Gasteiger partial charge in [-0.2, -0.15) is 0 Å². The van der Waals surface area contributed by atoms with Crippen LogP contribution in [0.1, 0.15) is 22.5 Å². The number of carbonyl (C=O) groups is 2. The van der Waals surface area contributed by atoms with E-state index in [1.807, 2.05) is 35.4 Å². The predicted molar refractivity (Wildman–Crippen MR) is 150 cm³/mol. The number of imide groups is 1. The summed E-state index contributed by atoms with van der Waals surface area (Å²) in [5, 5.41) is 22.4. The number of nitrogens with zero attached hydrogens (tertiary/aromatic N) is 5. The lowest BCUT2D eigenvalue weighted by atomic mass is 10.2. The molecule has 2 amide bonds. The Kier molecular flexibility index (Phi) is 7.41. The van der Waals surface area contributed by atoms with Gasteiger partial charge >= 0.3 is 0 Å². The number of hydrogen-bond acceptors (Lipinski definition) is 9. The van der Waals surface area contributed by atoms with Crippen LogP contribution in [0.15, 0.2) is 53.4 Å². The van der Waals surface area contributed by atoms with Gasteiger partial charge in [-0.25, -0.2) is 0 Å². The number of aryl methyl sites for hydroxylation is 1. The van der Waals surface area contributed by atoms with Gasteiger partial charge in [0.2, 0.25) is 0 Å². The molecular weight excluding hydrogens is 538 g/mol. The standard InChI is InChI=1S/C27H25N5O7S/c1-17-13-20(14-25-26(33)29(27(34)40-25)16-19-3-5-21(6-4-19)31(35)36)18(2)30(17)22-7-8-23(24(15-22)32(37)38)28-9-11-39-12-10-28/h3-8,13-15H,9-12,16H2,1-2H3/b25-14-. The number of non-ortho nitro benzene ring substituents is 1. The van der Waals surface area contributed by atoms with Crippen molar-refractivity contribution in [2.45, 2.75) is 20.4 Å². The Morgan fingerprint density at radius 2 is 1.68 bits per heavy atom. The average Bonchev–Trinajstić information content (AvgIpc) is 3.37. The Morgan fingerprint density at radius 1 is 0.975 bits per heavy atom. The van der Waals surface area contributed by atoms with E-state index in [2.05, 4.69) is 0 Å². The molecule has 3 heterocycles. The van der Waals surface area contributed by atoms with Crippen LogP contribution < -0.4 is 4.90 Å².